The van der Waals surface area contributed by atoms with Crippen molar-refractivity contribution in [3.63, 3.8) is 0 Å². The normalized spacial score (nSPS) is 15.7. The van der Waals surface area contributed by atoms with Gasteiger partial charge in [-0.2, -0.15) is 0 Å². The number of halogens is 1. The van der Waals surface area contributed by atoms with Crippen LogP contribution in [0.2, 0.25) is 5.02 Å². The first-order valence-electron chi connectivity index (χ1n) is 41.8. The van der Waals surface area contributed by atoms with Crippen LogP contribution < -0.4 is 80.6 Å². The summed E-state index contributed by atoms with van der Waals surface area (Å²) in [6.07, 6.45) is 3.80. The van der Waals surface area contributed by atoms with E-state index in [1.807, 2.05) is 97.4 Å². The number of unbranched alkanes of at least 4 members (excludes halogenated alkanes) is 1. The SMILES string of the molecule is CC(C)C[C@H](NC(=O)[C@@H](Cc1ccc(NC(=O)NCCNC(=O)C[N+](C)(C)C)cc1)NC(=O)[C@H](Cc1ccc(CN2CCOCC2)cc1)NC(=O)[C@H](CO)NC(=O)[C@@H](Cc1cccnc1)NC(=O)[C@@H](Cc1ccc(Cl)cc1)NC(=O)[C@@H](Cc1ccc2ccccc2c1)NC(N)=O)C(=O)N[C@@H](CCCCNC(C)C)C(=O)N1CCC[C@H]1C(=O)N[C@H](C)C(N)=O. The highest BCUT2D eigenvalue weighted by molar-refractivity contribution is 6.30. The number of likely N-dealkylation sites (N-methyl/N-ethyl adjacent to an activating group) is 1. The largest absolute Gasteiger partial charge is 0.394 e. The van der Waals surface area contributed by atoms with Gasteiger partial charge in [-0.1, -0.05) is 136 Å². The molecule has 0 spiro atoms. The number of rotatable bonds is 46. The Morgan fingerprint density at radius 3 is 1.57 bits per heavy atom. The van der Waals surface area contributed by atoms with Crippen LogP contribution in [-0.2, 0) is 96.1 Å². The van der Waals surface area contributed by atoms with Crippen molar-refractivity contribution in [3.8, 4) is 0 Å². The number of urea groups is 2. The van der Waals surface area contributed by atoms with Crippen LogP contribution in [0.5, 0.6) is 0 Å². The second-order valence-corrected chi connectivity index (χ2v) is 33.4. The molecule has 0 bridgehead atoms. The first-order valence-corrected chi connectivity index (χ1v) is 42.2. The van der Waals surface area contributed by atoms with Crippen molar-refractivity contribution < 1.29 is 76.7 Å². The van der Waals surface area contributed by atoms with E-state index in [0.29, 0.717) is 102 Å². The zero-order chi connectivity index (χ0) is 89.3. The van der Waals surface area contributed by atoms with Gasteiger partial charge >= 0.3 is 12.1 Å². The maximum Gasteiger partial charge on any atom is 0.319 e. The van der Waals surface area contributed by atoms with Crippen LogP contribution in [0.1, 0.15) is 107 Å². The molecule has 0 unspecified atom stereocenters. The topological polar surface area (TPSA) is 479 Å². The molecule has 2 saturated heterocycles. The van der Waals surface area contributed by atoms with E-state index >= 15 is 28.8 Å². The molecule has 3 heterocycles. The fraction of sp³-hybridized carbons (Fsp3) is 0.477. The van der Waals surface area contributed by atoms with Crippen LogP contribution in [0, 0.1) is 5.92 Å². The van der Waals surface area contributed by atoms with Gasteiger partial charge in [0, 0.05) is 101 Å². The highest BCUT2D eigenvalue weighted by atomic mass is 35.5. The quantitative estimate of drug-likeness (QED) is 0.0191. The van der Waals surface area contributed by atoms with Crippen LogP contribution >= 0.6 is 11.6 Å². The summed E-state index contributed by atoms with van der Waals surface area (Å²) >= 11 is 6.29. The number of primary amides is 2. The Kier molecular flexibility index (Phi) is 37.9. The summed E-state index contributed by atoms with van der Waals surface area (Å²) in [4.78, 5) is 193. The zero-order valence-electron chi connectivity index (χ0n) is 71.2. The number of amides is 15. The summed E-state index contributed by atoms with van der Waals surface area (Å²) < 4.78 is 5.98. The number of anilines is 1. The van der Waals surface area contributed by atoms with Gasteiger partial charge in [0.1, 0.15) is 60.4 Å². The molecule has 2 aliphatic rings. The van der Waals surface area contributed by atoms with Crippen LogP contribution in [0.4, 0.5) is 15.3 Å². The maximum atomic E-state index is 15.6. The first kappa shape index (κ1) is 96.8. The van der Waals surface area contributed by atoms with E-state index in [-0.39, 0.29) is 95.4 Å². The second kappa shape index (κ2) is 48.2. The number of fused-ring (bicyclic) bond motifs is 1. The molecule has 18 N–H and O–H groups in total. The fourth-order valence-electron chi connectivity index (χ4n) is 14.3. The number of benzene rings is 5. The number of ether oxygens (including phenoxy) is 1. The molecule has 1 aromatic heterocycles. The number of carbonyl (C=O) groups excluding carboxylic acids is 13. The van der Waals surface area contributed by atoms with Crippen LogP contribution in [0.3, 0.4) is 0 Å². The molecular formula is C88H121ClN19O15+. The molecule has 15 amide bonds. The van der Waals surface area contributed by atoms with Crippen molar-refractivity contribution in [2.45, 2.75) is 178 Å². The van der Waals surface area contributed by atoms with Crippen molar-refractivity contribution >= 4 is 105 Å². The summed E-state index contributed by atoms with van der Waals surface area (Å²) in [5.74, 6) is -8.82. The molecule has 8 rings (SSSR count). The third-order valence-corrected chi connectivity index (χ3v) is 21.0. The molecule has 10 atom stereocenters. The zero-order valence-corrected chi connectivity index (χ0v) is 72.0. The Labute approximate surface area is 722 Å². The number of carbonyl (C=O) groups is 13. The van der Waals surface area contributed by atoms with E-state index < -0.39 is 138 Å². The van der Waals surface area contributed by atoms with E-state index in [1.54, 1.807) is 78.9 Å². The van der Waals surface area contributed by atoms with E-state index in [1.165, 1.54) is 24.2 Å². The number of aliphatic hydroxyl groups excluding tert-OH is 1. The minimum Gasteiger partial charge on any atom is -0.394 e. The number of hydrogen-bond acceptors (Lipinski definition) is 18. The molecular weight excluding hydrogens is 1600 g/mol. The van der Waals surface area contributed by atoms with Crippen molar-refractivity contribution in [3.05, 3.63) is 178 Å². The Hall–Kier alpha value is -11.7. The Morgan fingerprint density at radius 1 is 0.528 bits per heavy atom. The van der Waals surface area contributed by atoms with Crippen molar-refractivity contribution in [1.29, 1.82) is 0 Å². The maximum absolute atomic E-state index is 15.6. The molecule has 2 fully saturated rings. The van der Waals surface area contributed by atoms with Gasteiger partial charge in [-0.25, -0.2) is 9.59 Å². The average Bonchev–Trinajstić information content (AvgIpc) is 1.76. The molecule has 34 nitrogen and oxygen atoms in total. The molecule has 664 valence electrons. The monoisotopic (exact) mass is 1720 g/mol. The van der Waals surface area contributed by atoms with Gasteiger partial charge < -0.3 is 99.8 Å². The number of hydrogen-bond donors (Lipinski definition) is 16. The van der Waals surface area contributed by atoms with Crippen molar-refractivity contribution in [2.75, 3.05) is 92.1 Å². The fourth-order valence-corrected chi connectivity index (χ4v) is 14.4. The third kappa shape index (κ3) is 32.9. The van der Waals surface area contributed by atoms with Crippen LogP contribution in [0.25, 0.3) is 10.8 Å². The molecule has 35 heteroatoms. The summed E-state index contributed by atoms with van der Waals surface area (Å²) in [6, 6.07) is 20.9. The Bertz CT molecular complexity index is 4550. The molecule has 0 aliphatic carbocycles. The van der Waals surface area contributed by atoms with Gasteiger partial charge in [0.2, 0.25) is 59.1 Å². The number of aliphatic hydroxyl groups is 1. The summed E-state index contributed by atoms with van der Waals surface area (Å²) in [5.41, 5.74) is 14.9. The Morgan fingerprint density at radius 2 is 1.02 bits per heavy atom. The number of quaternary nitrogens is 1. The number of likely N-dealkylation sites (tertiary alicyclic amines) is 1. The van der Waals surface area contributed by atoms with Crippen molar-refractivity contribution in [1.82, 2.24) is 78.6 Å². The number of nitrogens with two attached hydrogens (primary N) is 2. The molecule has 2 aliphatic heterocycles. The summed E-state index contributed by atoms with van der Waals surface area (Å²) in [5, 5.41) is 49.5. The van der Waals surface area contributed by atoms with Gasteiger partial charge in [0.05, 0.1) is 41.0 Å². The number of nitrogens with one attached hydrogen (secondary N) is 13. The highest BCUT2D eigenvalue weighted by Gasteiger charge is 2.41. The molecule has 0 radical (unpaired) electrons. The second-order valence-electron chi connectivity index (χ2n) is 33.0. The van der Waals surface area contributed by atoms with Gasteiger partial charge in [0.15, 0.2) is 6.54 Å². The lowest BCUT2D eigenvalue weighted by Crippen LogP contribution is -2.62. The Balaban J connectivity index is 1.10. The number of pyridine rings is 1. The van der Waals surface area contributed by atoms with E-state index in [2.05, 4.69) is 79.0 Å². The minimum absolute atomic E-state index is 0.00784. The molecule has 6 aromatic rings. The molecule has 5 aromatic carbocycles. The number of aromatic nitrogens is 1. The van der Waals surface area contributed by atoms with E-state index in [4.69, 9.17) is 27.8 Å². The van der Waals surface area contributed by atoms with Gasteiger partial charge in [-0.15, -0.1) is 0 Å². The third-order valence-electron chi connectivity index (χ3n) is 20.8. The van der Waals surface area contributed by atoms with Crippen molar-refractivity contribution in [2.24, 2.45) is 17.4 Å². The molecule has 123 heavy (non-hydrogen) atoms. The predicted octanol–water partition coefficient (Wildman–Crippen LogP) is 1.80. The predicted molar refractivity (Wildman–Crippen MR) is 465 cm³/mol. The number of nitrogens with zero attached hydrogens (tertiary/aromatic N) is 4. The first-order chi connectivity index (χ1) is 58.6. The standard InChI is InChI=1S/C88H120ClN19O15/c1-54(2)43-68(78(112)98-67(18-11-12-35-93-55(3)4)86(120)107-38-14-19-75(107)85(119)96-56(5)77(90)111)99-79(113)70(47-59-27-32-66(33-28-59)97-88(122)95-37-36-94-76(110)52-108(6,7)8)100-81(115)71(45-57-20-22-60(23-21-57)51-106-39-41-123-42-40-106)103-84(118)74(53-109)104-82(116)72(49-62-15-13-34-92-50-62)102-80(114)69(46-58-25-30-65(89)31-26-58)101-83(117)73(105-87(91)121)48-61-24-29-63-16-9-10-17-64(63)44-61/h9-10,13,15-17,20-34,44,50,54-56,67-75,93,109H,11-12,14,18-19,35-43,45-49,51-53H2,1-8H3,(H15-,90,91,94,95,96,97,98,99,100,101,102,103,104,105,110,111,112,113,114,115,116,117,118,119,121,122)/p+1/t56-,67+,68+,69-,70-,71+,72-,73-,74+,75+/m1/s1. The lowest BCUT2D eigenvalue weighted by atomic mass is 9.99. The number of morpholine rings is 1. The van der Waals surface area contributed by atoms with Gasteiger partial charge in [0.25, 0.3) is 5.91 Å². The van der Waals surface area contributed by atoms with E-state index in [9.17, 15) is 38.7 Å². The smallest absolute Gasteiger partial charge is 0.319 e. The van der Waals surface area contributed by atoms with E-state index in [0.717, 1.165) is 16.3 Å². The average molecular weight is 1720 g/mol. The van der Waals surface area contributed by atoms with Gasteiger partial charge in [-0.05, 0) is 132 Å². The lowest BCUT2D eigenvalue weighted by molar-refractivity contribution is -0.862. The molecule has 0 saturated carbocycles. The van der Waals surface area contributed by atoms with Gasteiger partial charge in [-0.3, -0.25) is 62.6 Å². The van der Waals surface area contributed by atoms with Crippen LogP contribution in [0.15, 0.2) is 140 Å². The summed E-state index contributed by atoms with van der Waals surface area (Å²) in [7, 11) is 5.62. The highest BCUT2D eigenvalue weighted by Crippen LogP contribution is 2.24. The lowest BCUT2D eigenvalue weighted by Gasteiger charge is -2.31. The van der Waals surface area contributed by atoms with Crippen LogP contribution in [-0.4, -0.2) is 255 Å². The minimum atomic E-state index is -1.86. The summed E-state index contributed by atoms with van der Waals surface area (Å²) in [6.45, 7) is 12.3.